The number of carbonyl (C=O) groups is 1. The molecule has 0 radical (unpaired) electrons. The van der Waals surface area contributed by atoms with E-state index in [1.54, 1.807) is 0 Å². The Morgan fingerprint density at radius 1 is 1.64 bits per heavy atom. The molecule has 4 nitrogen and oxygen atoms in total. The van der Waals surface area contributed by atoms with Crippen molar-refractivity contribution in [1.82, 2.24) is 5.06 Å². The van der Waals surface area contributed by atoms with Crippen LogP contribution < -0.4 is 5.73 Å². The van der Waals surface area contributed by atoms with Gasteiger partial charge >= 0.3 is 0 Å². The summed E-state index contributed by atoms with van der Waals surface area (Å²) in [4.78, 5) is 17.1. The van der Waals surface area contributed by atoms with Gasteiger partial charge in [0.2, 0.25) is 5.91 Å². The number of carbonyl (C=O) groups excluding carboxylic acids is 1. The van der Waals surface area contributed by atoms with Gasteiger partial charge in [0.05, 0.1) is 19.1 Å². The Hall–Kier alpha value is -0.610. The van der Waals surface area contributed by atoms with Gasteiger partial charge < -0.3 is 5.73 Å². The van der Waals surface area contributed by atoms with Crippen LogP contribution in [-0.4, -0.2) is 29.7 Å². The third kappa shape index (κ3) is 1.91. The fourth-order valence-electron chi connectivity index (χ4n) is 2.00. The van der Waals surface area contributed by atoms with Crippen molar-refractivity contribution in [3.63, 3.8) is 0 Å². The fraction of sp³-hybridized carbons (Fsp3) is 0.900. The highest BCUT2D eigenvalue weighted by molar-refractivity contribution is 5.77. The average molecular weight is 198 g/mol. The molecular formula is C10H18N2O2. The Balaban J connectivity index is 1.86. The minimum Gasteiger partial charge on any atom is -0.326 e. The molecule has 1 aliphatic carbocycles. The Labute approximate surface area is 84.3 Å². The minimum atomic E-state index is -0.0147. The molecule has 2 N–H and O–H groups in total. The van der Waals surface area contributed by atoms with Crippen LogP contribution in [0.2, 0.25) is 0 Å². The second-order valence-electron chi connectivity index (χ2n) is 4.47. The van der Waals surface area contributed by atoms with Crippen molar-refractivity contribution in [2.75, 3.05) is 6.54 Å². The van der Waals surface area contributed by atoms with Crippen LogP contribution in [0.25, 0.3) is 0 Å². The molecule has 4 heteroatoms. The van der Waals surface area contributed by atoms with Crippen LogP contribution in [-0.2, 0) is 9.63 Å². The van der Waals surface area contributed by atoms with Gasteiger partial charge in [-0.25, -0.2) is 5.06 Å². The summed E-state index contributed by atoms with van der Waals surface area (Å²) >= 11 is 0. The van der Waals surface area contributed by atoms with Gasteiger partial charge in [-0.05, 0) is 25.7 Å². The molecule has 0 aromatic carbocycles. The topological polar surface area (TPSA) is 55.6 Å². The maximum absolute atomic E-state index is 11.5. The lowest BCUT2D eigenvalue weighted by atomic mass is 9.80. The van der Waals surface area contributed by atoms with Crippen molar-refractivity contribution in [3.8, 4) is 0 Å². The van der Waals surface area contributed by atoms with Crippen LogP contribution in [0.5, 0.6) is 0 Å². The lowest BCUT2D eigenvalue weighted by molar-refractivity contribution is -0.183. The van der Waals surface area contributed by atoms with Crippen molar-refractivity contribution >= 4 is 5.91 Å². The van der Waals surface area contributed by atoms with Crippen molar-refractivity contribution in [2.24, 2.45) is 11.7 Å². The first-order valence-electron chi connectivity index (χ1n) is 5.39. The summed E-state index contributed by atoms with van der Waals surface area (Å²) in [7, 11) is 0. The van der Waals surface area contributed by atoms with Crippen LogP contribution in [0.4, 0.5) is 0 Å². The molecule has 1 saturated heterocycles. The Morgan fingerprint density at radius 2 is 2.36 bits per heavy atom. The molecule has 0 spiro atoms. The molecule has 0 aromatic heterocycles. The first kappa shape index (κ1) is 9.93. The van der Waals surface area contributed by atoms with E-state index in [0.29, 0.717) is 18.9 Å². The number of hydrogen-bond acceptors (Lipinski definition) is 3. The normalized spacial score (nSPS) is 30.6. The van der Waals surface area contributed by atoms with Crippen molar-refractivity contribution in [2.45, 2.75) is 44.8 Å². The van der Waals surface area contributed by atoms with Crippen LogP contribution in [0.3, 0.4) is 0 Å². The number of amides is 1. The van der Waals surface area contributed by atoms with E-state index in [-0.39, 0.29) is 18.1 Å². The summed E-state index contributed by atoms with van der Waals surface area (Å²) in [5.41, 5.74) is 5.63. The molecule has 0 bridgehead atoms. The average Bonchev–Trinajstić information content (AvgIpc) is 2.27. The summed E-state index contributed by atoms with van der Waals surface area (Å²) in [6, 6.07) is -0.0147. The van der Waals surface area contributed by atoms with Gasteiger partial charge in [-0.15, -0.1) is 0 Å². The number of hydrogen-bond donors (Lipinski definition) is 1. The molecule has 1 aliphatic heterocycles. The number of rotatable bonds is 3. The van der Waals surface area contributed by atoms with E-state index in [0.717, 1.165) is 0 Å². The Kier molecular flexibility index (Phi) is 2.74. The third-order valence-electron chi connectivity index (χ3n) is 3.05. The predicted molar refractivity (Wildman–Crippen MR) is 52.2 cm³/mol. The van der Waals surface area contributed by atoms with Gasteiger partial charge in [0.15, 0.2) is 0 Å². The summed E-state index contributed by atoms with van der Waals surface area (Å²) < 4.78 is 0. The monoisotopic (exact) mass is 198 g/mol. The first-order chi connectivity index (χ1) is 6.66. The van der Waals surface area contributed by atoms with Crippen LogP contribution in [0, 0.1) is 5.92 Å². The smallest absolute Gasteiger partial charge is 0.248 e. The minimum absolute atomic E-state index is 0.0147. The first-order valence-corrected chi connectivity index (χ1v) is 5.39. The van der Waals surface area contributed by atoms with E-state index in [2.05, 4.69) is 0 Å². The molecule has 0 aromatic rings. The molecule has 2 aliphatic rings. The van der Waals surface area contributed by atoms with Crippen LogP contribution >= 0.6 is 0 Å². The maximum Gasteiger partial charge on any atom is 0.248 e. The number of hydroxylamine groups is 2. The van der Waals surface area contributed by atoms with E-state index in [1.807, 2.05) is 6.92 Å². The van der Waals surface area contributed by atoms with Crippen LogP contribution in [0.1, 0.15) is 32.6 Å². The summed E-state index contributed by atoms with van der Waals surface area (Å²) in [6.07, 6.45) is 4.40. The van der Waals surface area contributed by atoms with E-state index in [9.17, 15) is 4.79 Å². The molecule has 2 fully saturated rings. The highest BCUT2D eigenvalue weighted by atomic mass is 16.7. The fourth-order valence-corrected chi connectivity index (χ4v) is 2.00. The SMILES string of the molecule is CC(N)CN1OC(C2CCC2)CC1=O. The van der Waals surface area contributed by atoms with Crippen molar-refractivity contribution < 1.29 is 9.63 Å². The van der Waals surface area contributed by atoms with Gasteiger partial charge in [0.1, 0.15) is 0 Å². The van der Waals surface area contributed by atoms with E-state index in [1.165, 1.54) is 24.3 Å². The maximum atomic E-state index is 11.5. The highest BCUT2D eigenvalue weighted by Gasteiger charge is 2.38. The standard InChI is InChI=1S/C10H18N2O2/c1-7(11)6-12-10(13)5-9(14-12)8-3-2-4-8/h7-9H,2-6,11H2,1H3. The molecule has 2 atom stereocenters. The van der Waals surface area contributed by atoms with Crippen LogP contribution in [0.15, 0.2) is 0 Å². The van der Waals surface area contributed by atoms with Gasteiger partial charge in [0.25, 0.3) is 0 Å². The lowest BCUT2D eigenvalue weighted by Crippen LogP contribution is -2.36. The van der Waals surface area contributed by atoms with Crippen molar-refractivity contribution in [1.29, 1.82) is 0 Å². The van der Waals surface area contributed by atoms with E-state index in [4.69, 9.17) is 10.6 Å². The molecule has 2 unspecified atom stereocenters. The second kappa shape index (κ2) is 3.87. The molecule has 80 valence electrons. The van der Waals surface area contributed by atoms with Gasteiger partial charge in [-0.3, -0.25) is 9.63 Å². The zero-order valence-corrected chi connectivity index (χ0v) is 8.61. The lowest BCUT2D eigenvalue weighted by Gasteiger charge is -2.30. The second-order valence-corrected chi connectivity index (χ2v) is 4.47. The Morgan fingerprint density at radius 3 is 2.86 bits per heavy atom. The molecule has 1 amide bonds. The van der Waals surface area contributed by atoms with E-state index < -0.39 is 0 Å². The summed E-state index contributed by atoms with van der Waals surface area (Å²) in [6.45, 7) is 2.40. The zero-order chi connectivity index (χ0) is 10.1. The molecule has 14 heavy (non-hydrogen) atoms. The summed E-state index contributed by atoms with van der Waals surface area (Å²) in [5, 5.41) is 1.45. The van der Waals surface area contributed by atoms with Crippen molar-refractivity contribution in [3.05, 3.63) is 0 Å². The third-order valence-corrected chi connectivity index (χ3v) is 3.05. The van der Waals surface area contributed by atoms with Gasteiger partial charge in [-0.1, -0.05) is 6.42 Å². The van der Waals surface area contributed by atoms with E-state index >= 15 is 0 Å². The Bertz CT molecular complexity index is 226. The molecular weight excluding hydrogens is 180 g/mol. The van der Waals surface area contributed by atoms with Gasteiger partial charge in [-0.2, -0.15) is 0 Å². The predicted octanol–water partition coefficient (Wildman–Crippen LogP) is 0.666. The number of nitrogens with zero attached hydrogens (tertiary/aromatic N) is 1. The quantitative estimate of drug-likeness (QED) is 0.725. The molecule has 2 rings (SSSR count). The van der Waals surface area contributed by atoms with Gasteiger partial charge in [0, 0.05) is 6.04 Å². The zero-order valence-electron chi connectivity index (χ0n) is 8.61. The number of nitrogens with two attached hydrogens (primary N) is 1. The highest BCUT2D eigenvalue weighted by Crippen LogP contribution is 2.35. The largest absolute Gasteiger partial charge is 0.326 e. The molecule has 1 saturated carbocycles. The molecule has 1 heterocycles. The summed E-state index contributed by atoms with van der Waals surface area (Å²) in [5.74, 6) is 0.705.